The third kappa shape index (κ3) is 4.93. The van der Waals surface area contributed by atoms with E-state index >= 15 is 0 Å². The van der Waals surface area contributed by atoms with E-state index in [2.05, 4.69) is 20.9 Å². The van der Waals surface area contributed by atoms with E-state index in [1.807, 2.05) is 56.5 Å². The highest BCUT2D eigenvalue weighted by Crippen LogP contribution is 2.19. The maximum Gasteiger partial charge on any atom is 0.319 e. The van der Waals surface area contributed by atoms with Gasteiger partial charge in [-0.1, -0.05) is 18.2 Å². The van der Waals surface area contributed by atoms with Gasteiger partial charge < -0.3 is 20.5 Å². The van der Waals surface area contributed by atoms with Crippen molar-refractivity contribution in [1.29, 1.82) is 0 Å². The highest BCUT2D eigenvalue weighted by Gasteiger charge is 2.11. The number of aromatic nitrogens is 2. The van der Waals surface area contributed by atoms with Crippen LogP contribution in [0.5, 0.6) is 0 Å². The zero-order valence-electron chi connectivity index (χ0n) is 17.2. The van der Waals surface area contributed by atoms with Crippen molar-refractivity contribution in [3.05, 3.63) is 59.4 Å². The van der Waals surface area contributed by atoms with Crippen LogP contribution in [0.4, 0.5) is 10.5 Å². The fraction of sp³-hybridized carbons (Fsp3) is 0.318. The van der Waals surface area contributed by atoms with Gasteiger partial charge in [0, 0.05) is 30.4 Å². The summed E-state index contributed by atoms with van der Waals surface area (Å²) < 4.78 is 1.96. The fourth-order valence-corrected chi connectivity index (χ4v) is 3.19. The number of imidazole rings is 1. The average Bonchev–Trinajstić information content (AvgIpc) is 3.06. The highest BCUT2D eigenvalue weighted by molar-refractivity contribution is 5.97. The molecular weight excluding hydrogens is 366 g/mol. The van der Waals surface area contributed by atoms with E-state index in [0.717, 1.165) is 27.8 Å². The summed E-state index contributed by atoms with van der Waals surface area (Å²) in [7, 11) is 0. The van der Waals surface area contributed by atoms with Gasteiger partial charge in [0.25, 0.3) is 5.91 Å². The maximum atomic E-state index is 12.2. The maximum absolute atomic E-state index is 12.2. The Hall–Kier alpha value is -3.35. The van der Waals surface area contributed by atoms with Crippen molar-refractivity contribution in [3.8, 4) is 0 Å². The number of nitrogens with one attached hydrogen (secondary N) is 3. The third-order valence-electron chi connectivity index (χ3n) is 4.66. The van der Waals surface area contributed by atoms with Crippen LogP contribution < -0.4 is 16.0 Å². The Morgan fingerprint density at radius 2 is 1.83 bits per heavy atom. The number of rotatable bonds is 6. The predicted molar refractivity (Wildman–Crippen MR) is 115 cm³/mol. The second-order valence-electron chi connectivity index (χ2n) is 7.42. The monoisotopic (exact) mass is 393 g/mol. The molecule has 0 saturated heterocycles. The topological polar surface area (TPSA) is 88.1 Å². The summed E-state index contributed by atoms with van der Waals surface area (Å²) in [6.07, 6.45) is 1.72. The van der Waals surface area contributed by atoms with Gasteiger partial charge in [0.1, 0.15) is 0 Å². The zero-order chi connectivity index (χ0) is 21.0. The van der Waals surface area contributed by atoms with Crippen molar-refractivity contribution < 1.29 is 9.59 Å². The van der Waals surface area contributed by atoms with E-state index < -0.39 is 0 Å². The largest absolute Gasteiger partial charge is 0.350 e. The first-order valence-corrected chi connectivity index (χ1v) is 9.72. The van der Waals surface area contributed by atoms with E-state index in [1.165, 1.54) is 0 Å². The number of fused-ring (bicyclic) bond motifs is 1. The second-order valence-corrected chi connectivity index (χ2v) is 7.42. The molecule has 0 aliphatic carbocycles. The summed E-state index contributed by atoms with van der Waals surface area (Å²) in [5, 5.41) is 8.67. The lowest BCUT2D eigenvalue weighted by Gasteiger charge is -2.13. The minimum Gasteiger partial charge on any atom is -0.350 e. The molecule has 0 bridgehead atoms. The molecule has 1 heterocycles. The summed E-state index contributed by atoms with van der Waals surface area (Å²) in [6.45, 7) is 8.82. The molecule has 7 heteroatoms. The summed E-state index contributed by atoms with van der Waals surface area (Å²) in [4.78, 5) is 28.8. The Morgan fingerprint density at radius 1 is 1.10 bits per heavy atom. The van der Waals surface area contributed by atoms with Crippen molar-refractivity contribution in [2.75, 3.05) is 11.9 Å². The minimum absolute atomic E-state index is 0.0800. The van der Waals surface area contributed by atoms with Gasteiger partial charge in [-0.2, -0.15) is 0 Å². The summed E-state index contributed by atoms with van der Waals surface area (Å²) in [5.74, 6) is -0.110. The molecule has 3 amide bonds. The number of amides is 3. The van der Waals surface area contributed by atoms with Crippen LogP contribution in [0.2, 0.25) is 0 Å². The summed E-state index contributed by atoms with van der Waals surface area (Å²) in [5.41, 5.74) is 5.15. The van der Waals surface area contributed by atoms with E-state index in [1.54, 1.807) is 18.5 Å². The number of benzene rings is 2. The molecule has 0 radical (unpaired) electrons. The molecule has 2 aromatic carbocycles. The molecule has 0 aliphatic rings. The van der Waals surface area contributed by atoms with Gasteiger partial charge in [0.15, 0.2) is 0 Å². The number of urea groups is 1. The molecule has 29 heavy (non-hydrogen) atoms. The molecule has 3 N–H and O–H groups in total. The van der Waals surface area contributed by atoms with Crippen LogP contribution in [0.15, 0.2) is 42.7 Å². The number of para-hydroxylation sites is 1. The smallest absolute Gasteiger partial charge is 0.319 e. The molecule has 0 unspecified atom stereocenters. The Morgan fingerprint density at radius 3 is 2.52 bits per heavy atom. The molecule has 0 spiro atoms. The molecule has 0 aliphatic heterocycles. The van der Waals surface area contributed by atoms with Crippen LogP contribution in [0.25, 0.3) is 11.0 Å². The number of hydrogen-bond acceptors (Lipinski definition) is 3. The van der Waals surface area contributed by atoms with Crippen molar-refractivity contribution in [3.63, 3.8) is 0 Å². The normalized spacial score (nSPS) is 10.9. The van der Waals surface area contributed by atoms with Crippen LogP contribution in [-0.2, 0) is 6.54 Å². The van der Waals surface area contributed by atoms with E-state index in [4.69, 9.17) is 0 Å². The molecule has 3 aromatic rings. The van der Waals surface area contributed by atoms with Crippen LogP contribution in [0.1, 0.15) is 35.3 Å². The number of aryl methyl sites for hydroxylation is 2. The quantitative estimate of drug-likeness (QED) is 0.598. The molecule has 3 rings (SSSR count). The van der Waals surface area contributed by atoms with Gasteiger partial charge >= 0.3 is 6.03 Å². The first-order chi connectivity index (χ1) is 13.8. The Bertz CT molecular complexity index is 1020. The highest BCUT2D eigenvalue weighted by atomic mass is 16.2. The van der Waals surface area contributed by atoms with E-state index in [9.17, 15) is 9.59 Å². The van der Waals surface area contributed by atoms with Gasteiger partial charge in [0.05, 0.1) is 17.4 Å². The molecule has 0 atom stereocenters. The summed E-state index contributed by atoms with van der Waals surface area (Å²) in [6, 6.07) is 11.2. The number of anilines is 1. The third-order valence-corrected chi connectivity index (χ3v) is 4.66. The lowest BCUT2D eigenvalue weighted by atomic mass is 10.1. The van der Waals surface area contributed by atoms with Crippen LogP contribution in [-0.4, -0.2) is 34.1 Å². The van der Waals surface area contributed by atoms with Crippen LogP contribution in [0.3, 0.4) is 0 Å². The van der Waals surface area contributed by atoms with Gasteiger partial charge in [-0.25, -0.2) is 9.78 Å². The lowest BCUT2D eigenvalue weighted by molar-refractivity contribution is 0.0943. The van der Waals surface area contributed by atoms with Crippen molar-refractivity contribution in [2.45, 2.75) is 40.3 Å². The molecule has 152 valence electrons. The molecule has 7 nitrogen and oxygen atoms in total. The van der Waals surface area contributed by atoms with Crippen molar-refractivity contribution in [1.82, 2.24) is 20.2 Å². The molecule has 0 fully saturated rings. The number of hydrogen-bond donors (Lipinski definition) is 3. The standard InChI is InChI=1S/C22H27N5O2/c1-14(2)25-21(28)17-8-9-19-18(12-17)24-13-27(19)11-10-23-22(29)26-20-15(3)6-5-7-16(20)4/h5-9,12-14H,10-11H2,1-4H3,(H,25,28)(H2,23,26,29). The molecule has 1 aromatic heterocycles. The minimum atomic E-state index is -0.237. The van der Waals surface area contributed by atoms with Gasteiger partial charge in [-0.15, -0.1) is 0 Å². The Kier molecular flexibility index (Phi) is 6.16. The first-order valence-electron chi connectivity index (χ1n) is 9.72. The van der Waals surface area contributed by atoms with Crippen molar-refractivity contribution in [2.24, 2.45) is 0 Å². The summed E-state index contributed by atoms with van der Waals surface area (Å²) >= 11 is 0. The van der Waals surface area contributed by atoms with Gasteiger partial charge in [0.2, 0.25) is 0 Å². The van der Waals surface area contributed by atoms with E-state index in [-0.39, 0.29) is 18.0 Å². The number of nitrogens with zero attached hydrogens (tertiary/aromatic N) is 2. The van der Waals surface area contributed by atoms with Crippen LogP contribution >= 0.6 is 0 Å². The number of carbonyl (C=O) groups is 2. The predicted octanol–water partition coefficient (Wildman–Crippen LogP) is 3.61. The number of carbonyl (C=O) groups excluding carboxylic acids is 2. The second kappa shape index (κ2) is 8.77. The zero-order valence-corrected chi connectivity index (χ0v) is 17.2. The Labute approximate surface area is 170 Å². The van der Waals surface area contributed by atoms with Crippen molar-refractivity contribution >= 4 is 28.7 Å². The van der Waals surface area contributed by atoms with Gasteiger partial charge in [-0.05, 0) is 57.0 Å². The van der Waals surface area contributed by atoms with E-state index in [0.29, 0.717) is 18.7 Å². The van der Waals surface area contributed by atoms with Crippen LogP contribution in [0, 0.1) is 13.8 Å². The molecular formula is C22H27N5O2. The first kappa shape index (κ1) is 20.4. The molecule has 0 saturated carbocycles. The fourth-order valence-electron chi connectivity index (χ4n) is 3.19. The van der Waals surface area contributed by atoms with Gasteiger partial charge in [-0.3, -0.25) is 4.79 Å². The SMILES string of the molecule is Cc1cccc(C)c1NC(=O)NCCn1cnc2cc(C(=O)NC(C)C)ccc21. The lowest BCUT2D eigenvalue weighted by Crippen LogP contribution is -2.31. The Balaban J connectivity index is 1.59. The average molecular weight is 393 g/mol.